The van der Waals surface area contributed by atoms with Gasteiger partial charge in [-0.2, -0.15) is 5.10 Å². The Morgan fingerprint density at radius 2 is 2.35 bits per heavy atom. The van der Waals surface area contributed by atoms with E-state index in [1.807, 2.05) is 13.0 Å². The van der Waals surface area contributed by atoms with Crippen LogP contribution < -0.4 is 10.6 Å². The molecule has 2 aromatic heterocycles. The topological polar surface area (TPSA) is 94.0 Å². The Hall–Kier alpha value is -2.48. The molecule has 8 nitrogen and oxygen atoms in total. The molecule has 1 amide bonds. The number of carbonyl (C=O) groups is 1. The highest BCUT2D eigenvalue weighted by Crippen LogP contribution is 2.13. The second-order valence-electron chi connectivity index (χ2n) is 5.54. The number of aryl methyl sites for hydroxylation is 1. The van der Waals surface area contributed by atoms with Gasteiger partial charge in [0.1, 0.15) is 18.7 Å². The molecule has 3 heterocycles. The second kappa shape index (κ2) is 7.19. The molecule has 1 fully saturated rings. The summed E-state index contributed by atoms with van der Waals surface area (Å²) in [6.07, 6.45) is 5.72. The molecule has 1 aliphatic rings. The Morgan fingerprint density at radius 1 is 1.43 bits per heavy atom. The Labute approximate surface area is 134 Å². The maximum Gasteiger partial charge on any atom is 0.242 e. The molecule has 0 bridgehead atoms. The molecular formula is C15H20N6O2. The number of hydrogen-bond acceptors (Lipinski definition) is 6. The first kappa shape index (κ1) is 15.4. The highest BCUT2D eigenvalue weighted by molar-refractivity contribution is 5.76. The van der Waals surface area contributed by atoms with E-state index in [2.05, 4.69) is 25.7 Å². The van der Waals surface area contributed by atoms with Crippen molar-refractivity contribution >= 4 is 11.7 Å². The lowest BCUT2D eigenvalue weighted by atomic mass is 10.0. The highest BCUT2D eigenvalue weighted by atomic mass is 16.5. The minimum atomic E-state index is -0.0607. The quantitative estimate of drug-likeness (QED) is 0.827. The molecule has 2 atom stereocenters. The van der Waals surface area contributed by atoms with E-state index in [1.165, 1.54) is 6.33 Å². The number of anilines is 1. The molecule has 0 aliphatic carbocycles. The molecule has 2 aromatic rings. The van der Waals surface area contributed by atoms with E-state index in [4.69, 9.17) is 4.74 Å². The molecule has 8 heteroatoms. The normalized spacial score (nSPS) is 20.9. The fourth-order valence-electron chi connectivity index (χ4n) is 2.57. The first-order valence-electron chi connectivity index (χ1n) is 7.60. The molecule has 0 aromatic carbocycles. The van der Waals surface area contributed by atoms with E-state index in [0.29, 0.717) is 13.2 Å². The molecule has 1 saturated heterocycles. The third kappa shape index (κ3) is 4.26. The van der Waals surface area contributed by atoms with Crippen molar-refractivity contribution in [1.29, 1.82) is 0 Å². The first-order chi connectivity index (χ1) is 11.2. The van der Waals surface area contributed by atoms with Gasteiger partial charge in [-0.3, -0.25) is 9.48 Å². The second-order valence-corrected chi connectivity index (χ2v) is 5.54. The van der Waals surface area contributed by atoms with Gasteiger partial charge in [-0.15, -0.1) is 0 Å². The van der Waals surface area contributed by atoms with E-state index in [1.54, 1.807) is 23.1 Å². The van der Waals surface area contributed by atoms with Crippen molar-refractivity contribution in [2.24, 2.45) is 0 Å². The highest BCUT2D eigenvalue weighted by Gasteiger charge is 2.27. The van der Waals surface area contributed by atoms with Gasteiger partial charge in [0.05, 0.1) is 24.4 Å². The number of ether oxygens (including phenoxy) is 1. The molecule has 122 valence electrons. The van der Waals surface area contributed by atoms with Crippen molar-refractivity contribution in [3.8, 4) is 0 Å². The summed E-state index contributed by atoms with van der Waals surface area (Å²) in [5.74, 6) is 0.659. The maximum atomic E-state index is 12.2. The number of nitrogens with one attached hydrogen (secondary N) is 2. The zero-order chi connectivity index (χ0) is 16.1. The van der Waals surface area contributed by atoms with Gasteiger partial charge in [-0.05, 0) is 25.5 Å². The summed E-state index contributed by atoms with van der Waals surface area (Å²) in [6.45, 7) is 3.27. The molecular weight excluding hydrogens is 296 g/mol. The van der Waals surface area contributed by atoms with Gasteiger partial charge in [0.2, 0.25) is 5.91 Å². The van der Waals surface area contributed by atoms with Crippen molar-refractivity contribution in [3.63, 3.8) is 0 Å². The minimum absolute atomic E-state index is 0.0112. The van der Waals surface area contributed by atoms with E-state index >= 15 is 0 Å². The minimum Gasteiger partial charge on any atom is -0.379 e. The van der Waals surface area contributed by atoms with E-state index in [-0.39, 0.29) is 24.5 Å². The number of carbonyl (C=O) groups excluding carboxylic acids is 1. The maximum absolute atomic E-state index is 12.2. The van der Waals surface area contributed by atoms with Crippen LogP contribution in [-0.2, 0) is 16.1 Å². The van der Waals surface area contributed by atoms with Crippen LogP contribution >= 0.6 is 0 Å². The number of hydrogen-bond donors (Lipinski definition) is 2. The summed E-state index contributed by atoms with van der Waals surface area (Å²) < 4.78 is 7.15. The van der Waals surface area contributed by atoms with Crippen LogP contribution in [0.4, 0.5) is 5.82 Å². The smallest absolute Gasteiger partial charge is 0.242 e. The van der Waals surface area contributed by atoms with E-state index in [9.17, 15) is 4.79 Å². The average Bonchev–Trinajstić information content (AvgIpc) is 2.95. The molecule has 0 saturated carbocycles. The van der Waals surface area contributed by atoms with Crippen LogP contribution in [0, 0.1) is 6.92 Å². The van der Waals surface area contributed by atoms with Crippen LogP contribution in [-0.4, -0.2) is 51.0 Å². The molecule has 0 spiro atoms. The summed E-state index contributed by atoms with van der Waals surface area (Å²) in [5.41, 5.74) is 0.896. The molecule has 23 heavy (non-hydrogen) atoms. The zero-order valence-electron chi connectivity index (χ0n) is 13.0. The molecule has 0 radical (unpaired) electrons. The van der Waals surface area contributed by atoms with Gasteiger partial charge in [0.25, 0.3) is 0 Å². The van der Waals surface area contributed by atoms with Crippen LogP contribution in [0.5, 0.6) is 0 Å². The number of amides is 1. The lowest BCUT2D eigenvalue weighted by Crippen LogP contribution is -2.52. The fraction of sp³-hybridized carbons (Fsp3) is 0.467. The summed E-state index contributed by atoms with van der Waals surface area (Å²) in [5, 5.41) is 10.6. The van der Waals surface area contributed by atoms with Crippen LogP contribution in [0.25, 0.3) is 0 Å². The predicted molar refractivity (Wildman–Crippen MR) is 83.8 cm³/mol. The van der Waals surface area contributed by atoms with Crippen molar-refractivity contribution in [2.75, 3.05) is 18.5 Å². The van der Waals surface area contributed by atoms with Crippen LogP contribution in [0.15, 0.2) is 30.9 Å². The Balaban J connectivity index is 1.58. The first-order valence-corrected chi connectivity index (χ1v) is 7.60. The van der Waals surface area contributed by atoms with Gasteiger partial charge in [0.15, 0.2) is 0 Å². The third-order valence-corrected chi connectivity index (χ3v) is 3.70. The molecule has 0 unspecified atom stereocenters. The van der Waals surface area contributed by atoms with E-state index < -0.39 is 0 Å². The summed E-state index contributed by atoms with van der Waals surface area (Å²) in [7, 11) is 0. The van der Waals surface area contributed by atoms with Crippen molar-refractivity contribution in [1.82, 2.24) is 25.1 Å². The van der Waals surface area contributed by atoms with Gasteiger partial charge in [-0.1, -0.05) is 0 Å². The third-order valence-electron chi connectivity index (χ3n) is 3.70. The van der Waals surface area contributed by atoms with E-state index in [0.717, 1.165) is 17.9 Å². The van der Waals surface area contributed by atoms with Crippen molar-refractivity contribution in [3.05, 3.63) is 36.5 Å². The SMILES string of the molecule is Cc1ccn(CC(=O)N[C@H]2CCOC[C@H]2Nc2ccncn2)n1. The van der Waals surface area contributed by atoms with Gasteiger partial charge < -0.3 is 15.4 Å². The summed E-state index contributed by atoms with van der Waals surface area (Å²) in [6, 6.07) is 3.63. The number of aromatic nitrogens is 4. The summed E-state index contributed by atoms with van der Waals surface area (Å²) in [4.78, 5) is 20.3. The van der Waals surface area contributed by atoms with Gasteiger partial charge >= 0.3 is 0 Å². The standard InChI is InChI=1S/C15H20N6O2/c1-11-3-6-21(20-11)8-15(22)19-12-4-7-23-9-13(12)18-14-2-5-16-10-17-14/h2-3,5-6,10,12-13H,4,7-9H2,1H3,(H,19,22)(H,16,17,18)/t12-,13+/m0/s1. The Morgan fingerprint density at radius 3 is 3.09 bits per heavy atom. The lowest BCUT2D eigenvalue weighted by Gasteiger charge is -2.33. The average molecular weight is 316 g/mol. The molecule has 1 aliphatic heterocycles. The zero-order valence-corrected chi connectivity index (χ0v) is 13.0. The van der Waals surface area contributed by atoms with Crippen LogP contribution in [0.3, 0.4) is 0 Å². The largest absolute Gasteiger partial charge is 0.379 e. The lowest BCUT2D eigenvalue weighted by molar-refractivity contribution is -0.123. The number of rotatable bonds is 5. The Bertz CT molecular complexity index is 644. The predicted octanol–water partition coefficient (Wildman–Crippen LogP) is 0.367. The molecule has 3 rings (SSSR count). The monoisotopic (exact) mass is 316 g/mol. The van der Waals surface area contributed by atoms with Crippen molar-refractivity contribution in [2.45, 2.75) is 32.0 Å². The number of nitrogens with zero attached hydrogens (tertiary/aromatic N) is 4. The Kier molecular flexibility index (Phi) is 4.82. The van der Waals surface area contributed by atoms with Crippen LogP contribution in [0.1, 0.15) is 12.1 Å². The molecule has 2 N–H and O–H groups in total. The van der Waals surface area contributed by atoms with Gasteiger partial charge in [0, 0.05) is 19.0 Å². The van der Waals surface area contributed by atoms with Crippen molar-refractivity contribution < 1.29 is 9.53 Å². The van der Waals surface area contributed by atoms with Gasteiger partial charge in [-0.25, -0.2) is 9.97 Å². The van der Waals surface area contributed by atoms with Crippen LogP contribution in [0.2, 0.25) is 0 Å². The summed E-state index contributed by atoms with van der Waals surface area (Å²) >= 11 is 0. The fourth-order valence-corrected chi connectivity index (χ4v) is 2.57.